The lowest BCUT2D eigenvalue weighted by atomic mass is 9.77. The fraction of sp³-hybridized carbons (Fsp3) is 0.583. The first-order valence-electron chi connectivity index (χ1n) is 11.5. The highest BCUT2D eigenvalue weighted by Gasteiger charge is 2.37. The third kappa shape index (κ3) is 4.10. The number of aliphatic hydroxyl groups is 1. The zero-order chi connectivity index (χ0) is 21.4. The van der Waals surface area contributed by atoms with Crippen molar-refractivity contribution < 1.29 is 9.32 Å². The molecule has 1 aliphatic heterocycles. The van der Waals surface area contributed by atoms with Crippen LogP contribution in [0.25, 0.3) is 0 Å². The van der Waals surface area contributed by atoms with Crippen molar-refractivity contribution in [2.75, 3.05) is 36.2 Å². The Bertz CT molecular complexity index is 978. The number of nitrogens with one attached hydrogen (secondary N) is 1. The number of nitrogens with zero attached hydrogens (tertiary/aromatic N) is 3. The molecule has 1 saturated heterocycles. The molecule has 0 spiro atoms. The summed E-state index contributed by atoms with van der Waals surface area (Å²) in [6.45, 7) is 1.90. The Morgan fingerprint density at radius 2 is 1.97 bits per heavy atom. The van der Waals surface area contributed by atoms with E-state index in [2.05, 4.69) is 33.4 Å². The number of hydrogen-bond acceptors (Lipinski definition) is 6. The Hall–Kier alpha value is -1.99. The molecule has 2 aliphatic carbocycles. The van der Waals surface area contributed by atoms with Gasteiger partial charge in [-0.3, -0.25) is 4.21 Å². The predicted octanol–water partition coefficient (Wildman–Crippen LogP) is 3.41. The molecular weight excluding hydrogens is 408 g/mol. The topological polar surface area (TPSA) is 78.4 Å². The lowest BCUT2D eigenvalue weighted by Crippen LogP contribution is -2.48. The Morgan fingerprint density at radius 1 is 1.19 bits per heavy atom. The molecule has 0 radical (unpaired) electrons. The predicted molar refractivity (Wildman–Crippen MR) is 124 cm³/mol. The van der Waals surface area contributed by atoms with Crippen LogP contribution in [0.5, 0.6) is 0 Å². The summed E-state index contributed by atoms with van der Waals surface area (Å²) in [5, 5.41) is 13.3. The van der Waals surface area contributed by atoms with Gasteiger partial charge in [-0.1, -0.05) is 18.2 Å². The van der Waals surface area contributed by atoms with E-state index in [1.165, 1.54) is 30.4 Å². The van der Waals surface area contributed by atoms with E-state index < -0.39 is 10.8 Å². The maximum atomic E-state index is 12.2. The van der Waals surface area contributed by atoms with Crippen LogP contribution in [0.3, 0.4) is 0 Å². The van der Waals surface area contributed by atoms with E-state index in [0.717, 1.165) is 45.2 Å². The maximum Gasteiger partial charge on any atom is 0.227 e. The second kappa shape index (κ2) is 8.51. The van der Waals surface area contributed by atoms with E-state index in [9.17, 15) is 9.32 Å². The molecule has 1 unspecified atom stereocenters. The van der Waals surface area contributed by atoms with Crippen LogP contribution in [0, 0.1) is 0 Å². The highest BCUT2D eigenvalue weighted by molar-refractivity contribution is 7.84. The van der Waals surface area contributed by atoms with Gasteiger partial charge in [0.1, 0.15) is 5.82 Å². The molecule has 3 aliphatic rings. The first-order valence-corrected chi connectivity index (χ1v) is 13.1. The Morgan fingerprint density at radius 3 is 2.65 bits per heavy atom. The van der Waals surface area contributed by atoms with Crippen molar-refractivity contribution in [3.8, 4) is 0 Å². The van der Waals surface area contributed by atoms with Gasteiger partial charge in [0.2, 0.25) is 5.95 Å². The molecule has 6 nitrogen and oxygen atoms in total. The van der Waals surface area contributed by atoms with Crippen LogP contribution in [0.2, 0.25) is 0 Å². The lowest BCUT2D eigenvalue weighted by molar-refractivity contribution is 0.143. The summed E-state index contributed by atoms with van der Waals surface area (Å²) in [6, 6.07) is 7.12. The second-order valence-electron chi connectivity index (χ2n) is 9.40. The summed E-state index contributed by atoms with van der Waals surface area (Å²) < 4.78 is 12.2. The minimum absolute atomic E-state index is 0.0638. The summed E-state index contributed by atoms with van der Waals surface area (Å²) in [4.78, 5) is 12.2. The lowest BCUT2D eigenvalue weighted by Gasteiger charge is -2.41. The van der Waals surface area contributed by atoms with Gasteiger partial charge in [-0.2, -0.15) is 4.98 Å². The van der Waals surface area contributed by atoms with Crippen molar-refractivity contribution in [1.29, 1.82) is 0 Å². The molecular formula is C24H32N4O2S. The third-order valence-corrected chi connectivity index (χ3v) is 8.34. The van der Waals surface area contributed by atoms with E-state index >= 15 is 0 Å². The van der Waals surface area contributed by atoms with Crippen molar-refractivity contribution in [2.45, 2.75) is 67.7 Å². The third-order valence-electron chi connectivity index (χ3n) is 7.42. The monoisotopic (exact) mass is 440 g/mol. The van der Waals surface area contributed by atoms with Gasteiger partial charge >= 0.3 is 0 Å². The fourth-order valence-electron chi connectivity index (χ4n) is 5.25. The quantitative estimate of drug-likeness (QED) is 0.717. The Kier molecular flexibility index (Phi) is 5.73. The number of fused-ring (bicyclic) bond motifs is 1. The smallest absolute Gasteiger partial charge is 0.227 e. The standard InChI is InChI=1S/C24H32N4O2S/c1-31(30)21-15-25-23(26-22(21)27-24(16-29)10-3-11-24)28-12-8-18(9-13-28)20-7-6-17-4-2-5-19(17)14-20/h6-7,14-15,18,29H,2-5,8-13,16H2,1H3,(H,25,26,27). The van der Waals surface area contributed by atoms with Gasteiger partial charge in [-0.15, -0.1) is 0 Å². The number of anilines is 2. The minimum atomic E-state index is -1.19. The highest BCUT2D eigenvalue weighted by atomic mass is 32.2. The molecule has 2 aromatic rings. The van der Waals surface area contributed by atoms with Gasteiger partial charge in [0, 0.05) is 19.3 Å². The number of piperidine rings is 1. The zero-order valence-corrected chi connectivity index (χ0v) is 19.1. The van der Waals surface area contributed by atoms with Crippen molar-refractivity contribution in [3.05, 3.63) is 41.1 Å². The van der Waals surface area contributed by atoms with Crippen LogP contribution in [0.1, 0.15) is 61.1 Å². The molecule has 2 N–H and O–H groups in total. The fourth-order valence-corrected chi connectivity index (χ4v) is 5.82. The summed E-state index contributed by atoms with van der Waals surface area (Å²) in [6.07, 6.45) is 12.2. The molecule has 7 heteroatoms. The van der Waals surface area contributed by atoms with Gasteiger partial charge in [-0.25, -0.2) is 4.98 Å². The average molecular weight is 441 g/mol. The van der Waals surface area contributed by atoms with Crippen LogP contribution in [-0.2, 0) is 23.6 Å². The van der Waals surface area contributed by atoms with Crippen molar-refractivity contribution >= 4 is 22.6 Å². The molecule has 1 atom stereocenters. The highest BCUT2D eigenvalue weighted by Crippen LogP contribution is 2.37. The van der Waals surface area contributed by atoms with E-state index in [-0.39, 0.29) is 12.1 Å². The molecule has 2 fully saturated rings. The Balaban J connectivity index is 1.30. The number of aromatic nitrogens is 2. The molecule has 1 aromatic carbocycles. The first-order chi connectivity index (χ1) is 15.1. The minimum Gasteiger partial charge on any atom is -0.394 e. The summed E-state index contributed by atoms with van der Waals surface area (Å²) >= 11 is 0. The van der Waals surface area contributed by atoms with E-state index in [4.69, 9.17) is 4.98 Å². The number of rotatable bonds is 6. The normalized spacial score (nSPS) is 21.4. The van der Waals surface area contributed by atoms with Crippen LogP contribution in [0.15, 0.2) is 29.3 Å². The van der Waals surface area contributed by atoms with Crippen molar-refractivity contribution in [1.82, 2.24) is 9.97 Å². The Labute approximate surface area is 186 Å². The number of benzene rings is 1. The number of aryl methyl sites for hydroxylation is 2. The number of aliphatic hydroxyl groups excluding tert-OH is 1. The summed E-state index contributed by atoms with van der Waals surface area (Å²) in [5.41, 5.74) is 4.24. The van der Waals surface area contributed by atoms with Crippen molar-refractivity contribution in [3.63, 3.8) is 0 Å². The van der Waals surface area contributed by atoms with E-state index in [1.807, 2.05) is 0 Å². The largest absolute Gasteiger partial charge is 0.394 e. The molecule has 5 rings (SSSR count). The van der Waals surface area contributed by atoms with Crippen LogP contribution < -0.4 is 10.2 Å². The summed E-state index contributed by atoms with van der Waals surface area (Å²) in [5.74, 6) is 1.90. The van der Waals surface area contributed by atoms with Gasteiger partial charge < -0.3 is 15.3 Å². The van der Waals surface area contributed by atoms with Gasteiger partial charge in [0.15, 0.2) is 0 Å². The van der Waals surface area contributed by atoms with Gasteiger partial charge in [0.05, 0.1) is 34.0 Å². The molecule has 2 heterocycles. The molecule has 31 heavy (non-hydrogen) atoms. The average Bonchev–Trinajstić information content (AvgIpc) is 3.24. The van der Waals surface area contributed by atoms with Crippen LogP contribution >= 0.6 is 0 Å². The SMILES string of the molecule is CS(=O)c1cnc(N2CCC(c3ccc4c(c3)CCC4)CC2)nc1NC1(CO)CCC1. The first kappa shape index (κ1) is 20.9. The summed E-state index contributed by atoms with van der Waals surface area (Å²) in [7, 11) is -1.19. The molecule has 1 saturated carbocycles. The number of hydrogen-bond donors (Lipinski definition) is 2. The van der Waals surface area contributed by atoms with Crippen molar-refractivity contribution in [2.24, 2.45) is 0 Å². The van der Waals surface area contributed by atoms with E-state index in [1.54, 1.807) is 18.0 Å². The van der Waals surface area contributed by atoms with Crippen LogP contribution in [-0.4, -0.2) is 50.8 Å². The van der Waals surface area contributed by atoms with E-state index in [0.29, 0.717) is 22.6 Å². The molecule has 166 valence electrons. The van der Waals surface area contributed by atoms with Gasteiger partial charge in [0.25, 0.3) is 0 Å². The zero-order valence-electron chi connectivity index (χ0n) is 18.3. The molecule has 0 bridgehead atoms. The van der Waals surface area contributed by atoms with Gasteiger partial charge in [-0.05, 0) is 74.0 Å². The second-order valence-corrected chi connectivity index (χ2v) is 10.7. The van der Waals surface area contributed by atoms with Crippen LogP contribution in [0.4, 0.5) is 11.8 Å². The maximum absolute atomic E-state index is 12.2. The molecule has 0 amide bonds. The molecule has 1 aromatic heterocycles.